The monoisotopic (exact) mass is 399 g/mol. The van der Waals surface area contributed by atoms with Crippen molar-refractivity contribution in [1.29, 1.82) is 0 Å². The van der Waals surface area contributed by atoms with E-state index < -0.39 is 17.8 Å². The second-order valence-corrected chi connectivity index (χ2v) is 7.39. The van der Waals surface area contributed by atoms with Crippen LogP contribution in [0.25, 0.3) is 0 Å². The number of alkyl halides is 3. The Morgan fingerprint density at radius 1 is 1.39 bits per heavy atom. The third kappa shape index (κ3) is 4.64. The predicted octanol–water partition coefficient (Wildman–Crippen LogP) is 1.55. The summed E-state index contributed by atoms with van der Waals surface area (Å²) < 4.78 is 44.7. The summed E-state index contributed by atoms with van der Waals surface area (Å²) in [4.78, 5) is 27.6. The molecule has 6 nitrogen and oxygen atoms in total. The Hall–Kier alpha value is -2.13. The van der Waals surface area contributed by atoms with Gasteiger partial charge in [-0.05, 0) is 30.5 Å². The van der Waals surface area contributed by atoms with E-state index in [1.54, 1.807) is 11.0 Å². The zero-order valence-corrected chi connectivity index (χ0v) is 15.7. The molecule has 0 aromatic heterocycles. The fourth-order valence-electron chi connectivity index (χ4n) is 3.74. The number of nitrogens with zero attached hydrogens (tertiary/aromatic N) is 2. The summed E-state index contributed by atoms with van der Waals surface area (Å²) >= 11 is 0. The zero-order valence-electron chi connectivity index (χ0n) is 15.7. The molecule has 2 amide bonds. The van der Waals surface area contributed by atoms with E-state index in [-0.39, 0.29) is 62.6 Å². The van der Waals surface area contributed by atoms with Gasteiger partial charge >= 0.3 is 6.18 Å². The van der Waals surface area contributed by atoms with Gasteiger partial charge < -0.3 is 20.3 Å². The molecule has 1 aromatic carbocycles. The van der Waals surface area contributed by atoms with E-state index in [1.807, 2.05) is 6.92 Å². The first-order valence-electron chi connectivity index (χ1n) is 9.26. The molecule has 3 rings (SSSR count). The molecule has 28 heavy (non-hydrogen) atoms. The quantitative estimate of drug-likeness (QED) is 0.834. The predicted molar refractivity (Wildman–Crippen MR) is 95.2 cm³/mol. The molecule has 1 saturated heterocycles. The van der Waals surface area contributed by atoms with Crippen LogP contribution >= 0.6 is 0 Å². The highest BCUT2D eigenvalue weighted by Crippen LogP contribution is 2.35. The second kappa shape index (κ2) is 8.08. The maximum atomic E-state index is 13.1. The lowest BCUT2D eigenvalue weighted by atomic mass is 9.94. The first-order chi connectivity index (χ1) is 13.1. The number of halogens is 3. The van der Waals surface area contributed by atoms with Gasteiger partial charge in [-0.3, -0.25) is 9.59 Å². The second-order valence-electron chi connectivity index (χ2n) is 7.39. The van der Waals surface area contributed by atoms with E-state index in [9.17, 15) is 22.8 Å². The van der Waals surface area contributed by atoms with Gasteiger partial charge in [0.2, 0.25) is 11.8 Å². The van der Waals surface area contributed by atoms with Crippen LogP contribution in [-0.4, -0.2) is 60.0 Å². The van der Waals surface area contributed by atoms with Crippen LogP contribution < -0.4 is 5.73 Å². The Kier molecular flexibility index (Phi) is 5.95. The molecule has 2 heterocycles. The third-order valence-electron chi connectivity index (χ3n) is 5.14. The number of carbonyl (C=O) groups is 2. The summed E-state index contributed by atoms with van der Waals surface area (Å²) in [6.45, 7) is 2.90. The number of rotatable bonds is 4. The summed E-state index contributed by atoms with van der Waals surface area (Å²) in [5, 5.41) is 0. The molecular formula is C19H24F3N3O3. The van der Waals surface area contributed by atoms with Crippen molar-refractivity contribution in [2.24, 2.45) is 5.73 Å². The highest BCUT2D eigenvalue weighted by molar-refractivity contribution is 5.79. The Balaban J connectivity index is 1.60. The van der Waals surface area contributed by atoms with Crippen molar-refractivity contribution in [2.75, 3.05) is 26.2 Å². The smallest absolute Gasteiger partial charge is 0.367 e. The van der Waals surface area contributed by atoms with E-state index in [1.165, 1.54) is 11.0 Å². The van der Waals surface area contributed by atoms with Crippen LogP contribution in [0.2, 0.25) is 0 Å². The molecule has 0 saturated carbocycles. The van der Waals surface area contributed by atoms with Crippen molar-refractivity contribution in [3.63, 3.8) is 0 Å². The SMILES string of the molecule is C[C@H]1CN(C[C@H](N)CC(=O)N2CCc3c(cccc3C(F)(F)F)C2)C(=O)CO1. The molecule has 0 bridgehead atoms. The molecule has 2 atom stereocenters. The number of nitrogens with two attached hydrogens (primary N) is 1. The van der Waals surface area contributed by atoms with E-state index in [0.29, 0.717) is 12.1 Å². The first kappa shape index (κ1) is 20.6. The third-order valence-corrected chi connectivity index (χ3v) is 5.14. The van der Waals surface area contributed by atoms with Crippen LogP contribution in [0.1, 0.15) is 30.0 Å². The lowest BCUT2D eigenvalue weighted by Gasteiger charge is -2.34. The molecule has 0 radical (unpaired) electrons. The van der Waals surface area contributed by atoms with E-state index in [0.717, 1.165) is 6.07 Å². The molecule has 0 spiro atoms. The highest BCUT2D eigenvalue weighted by Gasteiger charge is 2.36. The maximum Gasteiger partial charge on any atom is 0.416 e. The number of carbonyl (C=O) groups excluding carboxylic acids is 2. The fourth-order valence-corrected chi connectivity index (χ4v) is 3.74. The minimum Gasteiger partial charge on any atom is -0.367 e. The average molecular weight is 399 g/mol. The van der Waals surface area contributed by atoms with Crippen molar-refractivity contribution in [3.8, 4) is 0 Å². The molecule has 1 fully saturated rings. The van der Waals surface area contributed by atoms with Crippen LogP contribution in [0.4, 0.5) is 13.2 Å². The Bertz CT molecular complexity index is 754. The number of ether oxygens (including phenoxy) is 1. The Morgan fingerprint density at radius 3 is 2.86 bits per heavy atom. The Morgan fingerprint density at radius 2 is 2.14 bits per heavy atom. The standard InChI is InChI=1S/C19H24F3N3O3/c1-12-8-25(18(27)11-28-12)10-14(23)7-17(26)24-6-5-15-13(9-24)3-2-4-16(15)19(20,21)22/h2-4,12,14H,5-11,23H2,1H3/t12-,14+/m0/s1. The molecule has 2 aliphatic heterocycles. The van der Waals surface area contributed by atoms with E-state index in [2.05, 4.69) is 0 Å². The molecule has 2 aliphatic rings. The van der Waals surface area contributed by atoms with Crippen molar-refractivity contribution in [1.82, 2.24) is 9.80 Å². The largest absolute Gasteiger partial charge is 0.416 e. The molecular weight excluding hydrogens is 375 g/mol. The van der Waals surface area contributed by atoms with Crippen molar-refractivity contribution in [2.45, 2.75) is 44.6 Å². The van der Waals surface area contributed by atoms with Gasteiger partial charge in [0, 0.05) is 38.6 Å². The summed E-state index contributed by atoms with van der Waals surface area (Å²) in [5.74, 6) is -0.378. The van der Waals surface area contributed by atoms with Gasteiger partial charge in [0.25, 0.3) is 0 Å². The van der Waals surface area contributed by atoms with Gasteiger partial charge in [0.05, 0.1) is 11.7 Å². The van der Waals surface area contributed by atoms with Crippen LogP contribution in [0.3, 0.4) is 0 Å². The normalized spacial score (nSPS) is 21.5. The highest BCUT2D eigenvalue weighted by atomic mass is 19.4. The maximum absolute atomic E-state index is 13.1. The summed E-state index contributed by atoms with van der Waals surface area (Å²) in [6, 6.07) is 3.53. The molecule has 2 N–H and O–H groups in total. The Labute approximate surface area is 161 Å². The molecule has 154 valence electrons. The van der Waals surface area contributed by atoms with Crippen LogP contribution in [0.15, 0.2) is 18.2 Å². The molecule has 0 unspecified atom stereocenters. The number of benzene rings is 1. The zero-order chi connectivity index (χ0) is 20.5. The van der Waals surface area contributed by atoms with Crippen LogP contribution in [0, 0.1) is 0 Å². The van der Waals surface area contributed by atoms with Crippen LogP contribution in [-0.2, 0) is 33.5 Å². The minimum absolute atomic E-state index is 0.00623. The van der Waals surface area contributed by atoms with Crippen molar-refractivity contribution in [3.05, 3.63) is 34.9 Å². The van der Waals surface area contributed by atoms with Crippen LogP contribution in [0.5, 0.6) is 0 Å². The van der Waals surface area contributed by atoms with Gasteiger partial charge in [-0.15, -0.1) is 0 Å². The van der Waals surface area contributed by atoms with Gasteiger partial charge in [-0.2, -0.15) is 13.2 Å². The average Bonchev–Trinajstić information content (AvgIpc) is 2.62. The number of morpholine rings is 1. The number of hydrogen-bond donors (Lipinski definition) is 1. The number of fused-ring (bicyclic) bond motifs is 1. The van der Waals surface area contributed by atoms with E-state index in [4.69, 9.17) is 10.5 Å². The summed E-state index contributed by atoms with van der Waals surface area (Å²) in [5.41, 5.74) is 6.21. The summed E-state index contributed by atoms with van der Waals surface area (Å²) in [7, 11) is 0. The van der Waals surface area contributed by atoms with Crippen molar-refractivity contribution < 1.29 is 27.5 Å². The lowest BCUT2D eigenvalue weighted by Crippen LogP contribution is -2.51. The molecule has 9 heteroatoms. The molecule has 1 aromatic rings. The van der Waals surface area contributed by atoms with Gasteiger partial charge in [-0.1, -0.05) is 12.1 Å². The van der Waals surface area contributed by atoms with E-state index >= 15 is 0 Å². The first-order valence-corrected chi connectivity index (χ1v) is 9.26. The molecule has 0 aliphatic carbocycles. The minimum atomic E-state index is -4.40. The number of amides is 2. The summed E-state index contributed by atoms with van der Waals surface area (Å²) in [6.07, 6.45) is -4.29. The van der Waals surface area contributed by atoms with Crippen molar-refractivity contribution >= 4 is 11.8 Å². The van der Waals surface area contributed by atoms with Gasteiger partial charge in [0.1, 0.15) is 6.61 Å². The van der Waals surface area contributed by atoms with Gasteiger partial charge in [-0.25, -0.2) is 0 Å². The van der Waals surface area contributed by atoms with Gasteiger partial charge in [0.15, 0.2) is 0 Å². The fraction of sp³-hybridized carbons (Fsp3) is 0.579. The topological polar surface area (TPSA) is 75.9 Å². The lowest BCUT2D eigenvalue weighted by molar-refractivity contribution is -0.148. The number of hydrogen-bond acceptors (Lipinski definition) is 4.